The van der Waals surface area contributed by atoms with E-state index in [4.69, 9.17) is 8.83 Å². The van der Waals surface area contributed by atoms with E-state index in [-0.39, 0.29) is 17.7 Å². The van der Waals surface area contributed by atoms with Crippen molar-refractivity contribution in [3.05, 3.63) is 89.4 Å². The lowest BCUT2D eigenvalue weighted by molar-refractivity contribution is -0.130. The zero-order chi connectivity index (χ0) is 21.2. The summed E-state index contributed by atoms with van der Waals surface area (Å²) >= 11 is 4.82. The van der Waals surface area contributed by atoms with Gasteiger partial charge in [0.2, 0.25) is 0 Å². The molecule has 1 aromatic carbocycles. The van der Waals surface area contributed by atoms with Crippen LogP contribution in [0, 0.1) is 0 Å². The Morgan fingerprint density at radius 3 is 2.68 bits per heavy atom. The van der Waals surface area contributed by atoms with E-state index in [0.29, 0.717) is 17.9 Å². The van der Waals surface area contributed by atoms with Crippen LogP contribution >= 0.6 is 27.7 Å². The van der Waals surface area contributed by atoms with Gasteiger partial charge in [0.1, 0.15) is 23.3 Å². The van der Waals surface area contributed by atoms with Crippen molar-refractivity contribution in [2.75, 3.05) is 5.75 Å². The number of amides is 1. The quantitative estimate of drug-likeness (QED) is 0.339. The number of halogens is 1. The van der Waals surface area contributed by atoms with Crippen LogP contribution in [0.2, 0.25) is 0 Å². The number of hydrogen-bond donors (Lipinski definition) is 0. The van der Waals surface area contributed by atoms with Crippen LogP contribution in [0.3, 0.4) is 0 Å². The highest BCUT2D eigenvalue weighted by atomic mass is 79.9. The van der Waals surface area contributed by atoms with E-state index in [0.717, 1.165) is 21.0 Å². The van der Waals surface area contributed by atoms with Gasteiger partial charge in [-0.2, -0.15) is 5.10 Å². The highest BCUT2D eigenvalue weighted by Gasteiger charge is 2.35. The fourth-order valence-electron chi connectivity index (χ4n) is 3.42. The summed E-state index contributed by atoms with van der Waals surface area (Å²) in [6.45, 7) is 0. The molecular formula is C22H17BrN4O3S. The average Bonchev–Trinajstić information content (AvgIpc) is 3.58. The molecule has 1 amide bonds. The summed E-state index contributed by atoms with van der Waals surface area (Å²) in [6, 6.07) is 14.9. The largest absolute Gasteiger partial charge is 0.467 e. The van der Waals surface area contributed by atoms with E-state index in [1.807, 2.05) is 59.3 Å². The van der Waals surface area contributed by atoms with Crippen LogP contribution in [0.1, 0.15) is 24.0 Å². The van der Waals surface area contributed by atoms with Crippen molar-refractivity contribution < 1.29 is 13.6 Å². The Hall–Kier alpha value is -3.04. The van der Waals surface area contributed by atoms with Crippen LogP contribution in [-0.2, 0) is 4.79 Å². The summed E-state index contributed by atoms with van der Waals surface area (Å²) in [7, 11) is 0. The van der Waals surface area contributed by atoms with E-state index < -0.39 is 0 Å². The highest BCUT2D eigenvalue weighted by Crippen LogP contribution is 2.34. The molecule has 0 fully saturated rings. The first-order valence-electron chi connectivity index (χ1n) is 9.58. The molecule has 4 aromatic rings. The Labute approximate surface area is 190 Å². The minimum Gasteiger partial charge on any atom is -0.467 e. The number of imidazole rings is 1. The Morgan fingerprint density at radius 2 is 1.94 bits per heavy atom. The average molecular weight is 497 g/mol. The number of rotatable bonds is 6. The van der Waals surface area contributed by atoms with Crippen LogP contribution in [-0.4, -0.2) is 31.9 Å². The van der Waals surface area contributed by atoms with Gasteiger partial charge in [0.25, 0.3) is 5.91 Å². The molecule has 31 heavy (non-hydrogen) atoms. The molecule has 1 aliphatic rings. The maximum absolute atomic E-state index is 13.1. The van der Waals surface area contributed by atoms with Gasteiger partial charge in [-0.25, -0.2) is 9.99 Å². The molecule has 1 atom stereocenters. The van der Waals surface area contributed by atoms with Gasteiger partial charge in [0, 0.05) is 29.0 Å². The second-order valence-electron chi connectivity index (χ2n) is 6.84. The standard InChI is InChI=1S/C22H17BrN4O3S/c23-15-5-7-16(8-6-15)26-10-9-24-22(26)31-14-21(28)27-18(20-4-2-12-30-20)13-17(25-27)19-3-1-11-29-19/h1-12,18H,13-14H2. The molecule has 1 unspecified atom stereocenters. The van der Waals surface area contributed by atoms with Crippen LogP contribution in [0.5, 0.6) is 0 Å². The summed E-state index contributed by atoms with van der Waals surface area (Å²) in [6.07, 6.45) is 7.34. The Balaban J connectivity index is 1.34. The molecule has 4 heterocycles. The zero-order valence-electron chi connectivity index (χ0n) is 16.2. The normalized spacial score (nSPS) is 16.0. The van der Waals surface area contributed by atoms with Crippen molar-refractivity contribution >= 4 is 39.3 Å². The van der Waals surface area contributed by atoms with E-state index >= 15 is 0 Å². The molecule has 1 aliphatic heterocycles. The summed E-state index contributed by atoms with van der Waals surface area (Å²) in [5.74, 6) is 1.42. The van der Waals surface area contributed by atoms with Crippen molar-refractivity contribution in [2.45, 2.75) is 17.6 Å². The van der Waals surface area contributed by atoms with Gasteiger partial charge in [-0.1, -0.05) is 27.7 Å². The second kappa shape index (κ2) is 8.60. The maximum atomic E-state index is 13.1. The number of benzene rings is 1. The number of hydrogen-bond acceptors (Lipinski definition) is 6. The molecule has 5 rings (SSSR count). The zero-order valence-corrected chi connectivity index (χ0v) is 18.6. The Kier molecular flexibility index (Phi) is 5.52. The van der Waals surface area contributed by atoms with Gasteiger partial charge in [0.05, 0.1) is 18.3 Å². The van der Waals surface area contributed by atoms with Crippen molar-refractivity contribution in [2.24, 2.45) is 5.10 Å². The van der Waals surface area contributed by atoms with Crippen molar-refractivity contribution in [3.63, 3.8) is 0 Å². The Bertz CT molecular complexity index is 1200. The number of nitrogens with zero attached hydrogens (tertiary/aromatic N) is 4. The molecule has 0 saturated heterocycles. The van der Waals surface area contributed by atoms with Crippen molar-refractivity contribution in [1.29, 1.82) is 0 Å². The van der Waals surface area contributed by atoms with Crippen LogP contribution in [0.15, 0.2) is 97.0 Å². The summed E-state index contributed by atoms with van der Waals surface area (Å²) in [5, 5.41) is 6.79. The molecule has 0 saturated carbocycles. The lowest BCUT2D eigenvalue weighted by atomic mass is 10.1. The monoisotopic (exact) mass is 496 g/mol. The summed E-state index contributed by atoms with van der Waals surface area (Å²) in [4.78, 5) is 17.5. The smallest absolute Gasteiger partial charge is 0.253 e. The number of aromatic nitrogens is 2. The van der Waals surface area contributed by atoms with Crippen LogP contribution in [0.4, 0.5) is 0 Å². The first-order valence-corrected chi connectivity index (χ1v) is 11.4. The van der Waals surface area contributed by atoms with Gasteiger partial charge in [-0.05, 0) is 48.5 Å². The van der Waals surface area contributed by atoms with Crippen LogP contribution < -0.4 is 0 Å². The molecule has 156 valence electrons. The molecule has 9 heteroatoms. The Morgan fingerprint density at radius 1 is 1.13 bits per heavy atom. The van der Waals surface area contributed by atoms with Crippen molar-refractivity contribution in [3.8, 4) is 5.69 Å². The third kappa shape index (κ3) is 4.11. The van der Waals surface area contributed by atoms with E-state index in [9.17, 15) is 4.79 Å². The molecule has 7 nitrogen and oxygen atoms in total. The first kappa shape index (κ1) is 19.9. The highest BCUT2D eigenvalue weighted by molar-refractivity contribution is 9.10. The minimum atomic E-state index is -0.297. The molecular weight excluding hydrogens is 480 g/mol. The predicted molar refractivity (Wildman–Crippen MR) is 120 cm³/mol. The first-order chi connectivity index (χ1) is 15.2. The lowest BCUT2D eigenvalue weighted by Crippen LogP contribution is -2.28. The number of thioether (sulfide) groups is 1. The minimum absolute atomic E-state index is 0.127. The number of furan rings is 2. The van der Waals surface area contributed by atoms with E-state index in [1.165, 1.54) is 16.8 Å². The van der Waals surface area contributed by atoms with E-state index in [2.05, 4.69) is 26.0 Å². The number of carbonyl (C=O) groups is 1. The maximum Gasteiger partial charge on any atom is 0.253 e. The molecule has 0 aliphatic carbocycles. The third-order valence-corrected chi connectivity index (χ3v) is 6.36. The molecule has 0 spiro atoms. The van der Waals surface area contributed by atoms with Crippen LogP contribution in [0.25, 0.3) is 5.69 Å². The molecule has 0 radical (unpaired) electrons. The third-order valence-electron chi connectivity index (χ3n) is 4.88. The predicted octanol–water partition coefficient (Wildman–Crippen LogP) is 5.29. The summed E-state index contributed by atoms with van der Waals surface area (Å²) in [5.41, 5.74) is 1.70. The number of hydrazone groups is 1. The topological polar surface area (TPSA) is 76.8 Å². The van der Waals surface area contributed by atoms with Gasteiger partial charge in [-0.15, -0.1) is 0 Å². The van der Waals surface area contributed by atoms with E-state index in [1.54, 1.807) is 18.7 Å². The fraction of sp³-hybridized carbons (Fsp3) is 0.136. The second-order valence-corrected chi connectivity index (χ2v) is 8.70. The molecule has 3 aromatic heterocycles. The van der Waals surface area contributed by atoms with Gasteiger partial charge < -0.3 is 8.83 Å². The molecule has 0 bridgehead atoms. The fourth-order valence-corrected chi connectivity index (χ4v) is 4.51. The van der Waals surface area contributed by atoms with Gasteiger partial charge in [-0.3, -0.25) is 9.36 Å². The molecule has 0 N–H and O–H groups in total. The number of carbonyl (C=O) groups excluding carboxylic acids is 1. The summed E-state index contributed by atoms with van der Waals surface area (Å²) < 4.78 is 14.0. The SMILES string of the molecule is O=C(CSc1nccn1-c1ccc(Br)cc1)N1N=C(c2ccco2)CC1c1ccco1. The van der Waals surface area contributed by atoms with Crippen molar-refractivity contribution in [1.82, 2.24) is 14.6 Å². The van der Waals surface area contributed by atoms with Gasteiger partial charge >= 0.3 is 0 Å². The lowest BCUT2D eigenvalue weighted by Gasteiger charge is -2.19. The van der Waals surface area contributed by atoms with Gasteiger partial charge in [0.15, 0.2) is 5.16 Å².